The zero-order valence-electron chi connectivity index (χ0n) is 13.9. The number of halogens is 1. The zero-order valence-corrected chi connectivity index (χ0v) is 13.9. The number of carbonyl (C=O) groups excluding carboxylic acids is 2. The van der Waals surface area contributed by atoms with E-state index in [1.54, 1.807) is 24.0 Å². The summed E-state index contributed by atoms with van der Waals surface area (Å²) in [5.74, 6) is -0.877. The second-order valence-corrected chi connectivity index (χ2v) is 6.01. The van der Waals surface area contributed by atoms with E-state index < -0.39 is 18.1 Å². The van der Waals surface area contributed by atoms with Gasteiger partial charge in [-0.25, -0.2) is 4.39 Å². The van der Waals surface area contributed by atoms with Gasteiger partial charge in [-0.15, -0.1) is 0 Å². The minimum absolute atomic E-state index is 0.144. The van der Waals surface area contributed by atoms with Crippen LogP contribution in [0.15, 0.2) is 29.4 Å². The number of nitrogens with one attached hydrogen (secondary N) is 1. The van der Waals surface area contributed by atoms with E-state index in [0.29, 0.717) is 37.6 Å². The molecular weight excluding hydrogens is 329 g/mol. The highest BCUT2D eigenvalue weighted by atomic mass is 19.1. The molecule has 2 aliphatic rings. The predicted molar refractivity (Wildman–Crippen MR) is 87.4 cm³/mol. The molecule has 1 saturated heterocycles. The van der Waals surface area contributed by atoms with Crippen LogP contribution in [0.25, 0.3) is 0 Å². The van der Waals surface area contributed by atoms with E-state index in [4.69, 9.17) is 9.57 Å². The van der Waals surface area contributed by atoms with Crippen LogP contribution in [0.2, 0.25) is 0 Å². The highest BCUT2D eigenvalue weighted by molar-refractivity contribution is 6.04. The Hall–Kier alpha value is -2.48. The summed E-state index contributed by atoms with van der Waals surface area (Å²) in [4.78, 5) is 31.5. The quantitative estimate of drug-likeness (QED) is 0.867. The minimum atomic E-state index is -0.792. The van der Waals surface area contributed by atoms with Crippen LogP contribution in [0.3, 0.4) is 0 Å². The topological polar surface area (TPSA) is 80.2 Å². The van der Waals surface area contributed by atoms with Gasteiger partial charge < -0.3 is 19.8 Å². The van der Waals surface area contributed by atoms with Crippen LogP contribution < -0.4 is 5.32 Å². The van der Waals surface area contributed by atoms with E-state index in [0.717, 1.165) is 0 Å². The Morgan fingerprint density at radius 3 is 2.64 bits per heavy atom. The number of morpholine rings is 1. The molecule has 0 radical (unpaired) electrons. The number of ether oxygens (including phenoxy) is 1. The number of carbonyl (C=O) groups is 2. The van der Waals surface area contributed by atoms with Gasteiger partial charge in [-0.3, -0.25) is 9.59 Å². The lowest BCUT2D eigenvalue weighted by Crippen LogP contribution is -2.52. The first-order valence-electron chi connectivity index (χ1n) is 8.20. The summed E-state index contributed by atoms with van der Waals surface area (Å²) in [6.07, 6.45) is -0.518. The van der Waals surface area contributed by atoms with Crippen molar-refractivity contribution < 1.29 is 23.6 Å². The van der Waals surface area contributed by atoms with Gasteiger partial charge in [0, 0.05) is 19.5 Å². The van der Waals surface area contributed by atoms with Gasteiger partial charge in [-0.1, -0.05) is 17.3 Å². The standard InChI is InChI=1S/C17H20FN3O4/c1-11(17(23)21-6-8-24-9-7-21)19-16(22)15-10-14(20-25-15)12-2-4-13(18)5-3-12/h2-5,11,15H,6-10H2,1H3,(H,19,22)/t11-,15+/m1/s1. The lowest BCUT2D eigenvalue weighted by Gasteiger charge is -2.29. The van der Waals surface area contributed by atoms with Crippen LogP contribution >= 0.6 is 0 Å². The number of oxime groups is 1. The summed E-state index contributed by atoms with van der Waals surface area (Å²) in [5, 5.41) is 6.57. The van der Waals surface area contributed by atoms with Crippen LogP contribution in [-0.4, -0.2) is 60.9 Å². The van der Waals surface area contributed by atoms with Gasteiger partial charge >= 0.3 is 0 Å². The molecule has 25 heavy (non-hydrogen) atoms. The van der Waals surface area contributed by atoms with Crippen LogP contribution in [0.5, 0.6) is 0 Å². The molecule has 3 rings (SSSR count). The number of rotatable bonds is 4. The molecule has 134 valence electrons. The van der Waals surface area contributed by atoms with Gasteiger partial charge in [0.15, 0.2) is 0 Å². The van der Waals surface area contributed by atoms with Gasteiger partial charge in [0.25, 0.3) is 5.91 Å². The Balaban J connectivity index is 1.52. The summed E-state index contributed by atoms with van der Waals surface area (Å²) >= 11 is 0. The molecule has 0 unspecified atom stereocenters. The molecule has 1 aromatic carbocycles. The lowest BCUT2D eigenvalue weighted by molar-refractivity contribution is -0.141. The third kappa shape index (κ3) is 4.14. The first-order chi connectivity index (χ1) is 12.0. The van der Waals surface area contributed by atoms with Crippen molar-refractivity contribution >= 4 is 17.5 Å². The number of nitrogens with zero attached hydrogens (tertiary/aromatic N) is 2. The molecule has 1 N–H and O–H groups in total. The molecular formula is C17H20FN3O4. The third-order valence-corrected chi connectivity index (χ3v) is 4.19. The van der Waals surface area contributed by atoms with E-state index in [1.807, 2.05) is 0 Å². The largest absolute Gasteiger partial charge is 0.382 e. The maximum Gasteiger partial charge on any atom is 0.264 e. The molecule has 2 aliphatic heterocycles. The Morgan fingerprint density at radius 2 is 1.96 bits per heavy atom. The number of hydrogen-bond acceptors (Lipinski definition) is 5. The smallest absolute Gasteiger partial charge is 0.264 e. The van der Waals surface area contributed by atoms with Crippen molar-refractivity contribution in [3.8, 4) is 0 Å². The van der Waals surface area contributed by atoms with Gasteiger partial charge in [-0.2, -0.15) is 0 Å². The van der Waals surface area contributed by atoms with Crippen molar-refractivity contribution in [3.63, 3.8) is 0 Å². The Kier molecular flexibility index (Phi) is 5.28. The second-order valence-electron chi connectivity index (χ2n) is 6.01. The summed E-state index contributed by atoms with van der Waals surface area (Å²) in [5.41, 5.74) is 1.28. The molecule has 2 amide bonds. The minimum Gasteiger partial charge on any atom is -0.382 e. The molecule has 0 aromatic heterocycles. The van der Waals surface area contributed by atoms with Crippen molar-refractivity contribution in [1.82, 2.24) is 10.2 Å². The Morgan fingerprint density at radius 1 is 1.28 bits per heavy atom. The van der Waals surface area contributed by atoms with Crippen LogP contribution in [-0.2, 0) is 19.2 Å². The number of hydrogen-bond donors (Lipinski definition) is 1. The van der Waals surface area contributed by atoms with E-state index >= 15 is 0 Å². The molecule has 1 aromatic rings. The maximum atomic E-state index is 13.0. The molecule has 2 atom stereocenters. The van der Waals surface area contributed by atoms with Gasteiger partial charge in [0.2, 0.25) is 12.0 Å². The molecule has 0 aliphatic carbocycles. The van der Waals surface area contributed by atoms with E-state index in [-0.39, 0.29) is 18.1 Å². The van der Waals surface area contributed by atoms with Crippen molar-refractivity contribution in [2.24, 2.45) is 5.16 Å². The number of benzene rings is 1. The van der Waals surface area contributed by atoms with Crippen LogP contribution in [0, 0.1) is 5.82 Å². The highest BCUT2D eigenvalue weighted by Gasteiger charge is 2.32. The highest BCUT2D eigenvalue weighted by Crippen LogP contribution is 2.17. The maximum absolute atomic E-state index is 13.0. The Labute approximate surface area is 144 Å². The fourth-order valence-electron chi connectivity index (χ4n) is 2.76. The fourth-order valence-corrected chi connectivity index (χ4v) is 2.76. The molecule has 0 bridgehead atoms. The zero-order chi connectivity index (χ0) is 17.8. The van der Waals surface area contributed by atoms with E-state index in [1.165, 1.54) is 12.1 Å². The van der Waals surface area contributed by atoms with Crippen LogP contribution in [0.1, 0.15) is 18.9 Å². The molecule has 0 saturated carbocycles. The summed E-state index contributed by atoms with van der Waals surface area (Å²) in [6.45, 7) is 3.71. The lowest BCUT2D eigenvalue weighted by atomic mass is 10.0. The SMILES string of the molecule is C[C@@H](NC(=O)[C@@H]1CC(c2ccc(F)cc2)=NO1)C(=O)N1CCOCC1. The second kappa shape index (κ2) is 7.60. The Bertz CT molecular complexity index is 671. The molecule has 0 spiro atoms. The van der Waals surface area contributed by atoms with Gasteiger partial charge in [-0.05, 0) is 24.6 Å². The molecule has 7 nitrogen and oxygen atoms in total. The monoisotopic (exact) mass is 349 g/mol. The summed E-state index contributed by atoms with van der Waals surface area (Å²) in [7, 11) is 0. The van der Waals surface area contributed by atoms with Crippen molar-refractivity contribution in [1.29, 1.82) is 0 Å². The van der Waals surface area contributed by atoms with Gasteiger partial charge in [0.1, 0.15) is 11.9 Å². The van der Waals surface area contributed by atoms with E-state index in [9.17, 15) is 14.0 Å². The first kappa shape index (κ1) is 17.3. The van der Waals surface area contributed by atoms with Crippen molar-refractivity contribution in [2.75, 3.05) is 26.3 Å². The third-order valence-electron chi connectivity index (χ3n) is 4.19. The first-order valence-corrected chi connectivity index (χ1v) is 8.20. The van der Waals surface area contributed by atoms with Crippen LogP contribution in [0.4, 0.5) is 4.39 Å². The summed E-state index contributed by atoms with van der Waals surface area (Å²) in [6, 6.07) is 5.18. The number of amides is 2. The van der Waals surface area contributed by atoms with Crippen molar-refractivity contribution in [3.05, 3.63) is 35.6 Å². The van der Waals surface area contributed by atoms with Crippen molar-refractivity contribution in [2.45, 2.75) is 25.5 Å². The van der Waals surface area contributed by atoms with Gasteiger partial charge in [0.05, 0.1) is 18.9 Å². The molecule has 1 fully saturated rings. The average Bonchev–Trinajstić information content (AvgIpc) is 3.12. The average molecular weight is 349 g/mol. The predicted octanol–water partition coefficient (Wildman–Crippen LogP) is 0.682. The van der Waals surface area contributed by atoms with E-state index in [2.05, 4.69) is 10.5 Å². The normalized spacial score (nSPS) is 21.3. The summed E-state index contributed by atoms with van der Waals surface area (Å²) < 4.78 is 18.2. The molecule has 8 heteroatoms. The molecule has 2 heterocycles. The fraction of sp³-hybridized carbons (Fsp3) is 0.471.